The Bertz CT molecular complexity index is 1040. The van der Waals surface area contributed by atoms with E-state index in [1.807, 2.05) is 62.4 Å². The van der Waals surface area contributed by atoms with Crippen molar-refractivity contribution in [3.8, 4) is 0 Å². The molecule has 27 heavy (non-hydrogen) atoms. The Morgan fingerprint density at radius 3 is 2.56 bits per heavy atom. The number of carbonyl (C=O) groups excluding carboxylic acids is 1. The van der Waals surface area contributed by atoms with Gasteiger partial charge in [0.05, 0.1) is 0 Å². The second-order valence-electron chi connectivity index (χ2n) is 6.50. The monoisotopic (exact) mass is 362 g/mol. The Morgan fingerprint density at radius 2 is 1.81 bits per heavy atom. The fraction of sp³-hybridized carbons (Fsp3) is 0.190. The predicted octanol–water partition coefficient (Wildman–Crippen LogP) is 3.55. The van der Waals surface area contributed by atoms with E-state index in [0.717, 1.165) is 22.5 Å². The quantitative estimate of drug-likeness (QED) is 0.728. The first-order valence-corrected chi connectivity index (χ1v) is 8.70. The molecule has 1 aromatic heterocycles. The molecular weight excluding hydrogens is 340 g/mol. The molecule has 0 radical (unpaired) electrons. The van der Waals surface area contributed by atoms with Crippen LogP contribution in [0.4, 0.5) is 17.3 Å². The average molecular weight is 362 g/mol. The number of para-hydroxylation sites is 1. The van der Waals surface area contributed by atoms with E-state index in [0.29, 0.717) is 11.6 Å². The first-order chi connectivity index (χ1) is 12.9. The molecule has 1 heterocycles. The molecule has 6 heteroatoms. The summed E-state index contributed by atoms with van der Waals surface area (Å²) in [6.07, 6.45) is 0. The molecule has 0 aliphatic rings. The van der Waals surface area contributed by atoms with Gasteiger partial charge in [-0.15, -0.1) is 0 Å². The van der Waals surface area contributed by atoms with Crippen LogP contribution in [-0.4, -0.2) is 15.5 Å². The molecule has 3 rings (SSSR count). The van der Waals surface area contributed by atoms with Crippen LogP contribution in [0.25, 0.3) is 0 Å². The predicted molar refractivity (Wildman–Crippen MR) is 108 cm³/mol. The standard InChI is InChI=1S/C21H22N4O2/c1-14-7-6-9-17(11-14)23-21-22-16(3)12-20(27)25(21)13-19(26)24-18-10-5-4-8-15(18)2/h4-12H,13H2,1-3H3,(H,22,23)(H,24,26). The molecule has 6 nitrogen and oxygen atoms in total. The Hall–Kier alpha value is -3.41. The lowest BCUT2D eigenvalue weighted by atomic mass is 10.2. The van der Waals surface area contributed by atoms with E-state index in [2.05, 4.69) is 15.6 Å². The Labute approximate surface area is 157 Å². The third kappa shape index (κ3) is 4.61. The van der Waals surface area contributed by atoms with Crippen molar-refractivity contribution in [1.29, 1.82) is 0 Å². The number of hydrogen-bond acceptors (Lipinski definition) is 4. The zero-order valence-electron chi connectivity index (χ0n) is 15.6. The van der Waals surface area contributed by atoms with Gasteiger partial charge in [-0.2, -0.15) is 0 Å². The first-order valence-electron chi connectivity index (χ1n) is 8.70. The number of amides is 1. The molecule has 0 atom stereocenters. The lowest BCUT2D eigenvalue weighted by Crippen LogP contribution is -2.30. The highest BCUT2D eigenvalue weighted by Crippen LogP contribution is 2.16. The zero-order valence-corrected chi connectivity index (χ0v) is 15.6. The molecule has 0 bridgehead atoms. The summed E-state index contributed by atoms with van der Waals surface area (Å²) in [4.78, 5) is 29.4. The maximum absolute atomic E-state index is 12.5. The van der Waals surface area contributed by atoms with E-state index in [9.17, 15) is 9.59 Å². The van der Waals surface area contributed by atoms with Crippen molar-refractivity contribution in [1.82, 2.24) is 9.55 Å². The van der Waals surface area contributed by atoms with Gasteiger partial charge < -0.3 is 10.6 Å². The number of nitrogens with zero attached hydrogens (tertiary/aromatic N) is 2. The van der Waals surface area contributed by atoms with E-state index < -0.39 is 0 Å². The molecular formula is C21H22N4O2. The summed E-state index contributed by atoms with van der Waals surface area (Å²) in [5.74, 6) is 0.0508. The Kier molecular flexibility index (Phi) is 5.35. The topological polar surface area (TPSA) is 76.0 Å². The molecule has 0 saturated carbocycles. The SMILES string of the molecule is Cc1cccc(Nc2nc(C)cc(=O)n2CC(=O)Nc2ccccc2C)c1. The molecule has 1 amide bonds. The average Bonchev–Trinajstić information content (AvgIpc) is 2.60. The highest BCUT2D eigenvalue weighted by atomic mass is 16.2. The van der Waals surface area contributed by atoms with Crippen molar-refractivity contribution in [3.05, 3.63) is 81.8 Å². The number of aromatic nitrogens is 2. The van der Waals surface area contributed by atoms with Gasteiger partial charge in [0.1, 0.15) is 6.54 Å². The van der Waals surface area contributed by atoms with Crippen LogP contribution in [0.2, 0.25) is 0 Å². The smallest absolute Gasteiger partial charge is 0.255 e. The maximum atomic E-state index is 12.5. The van der Waals surface area contributed by atoms with Gasteiger partial charge in [-0.1, -0.05) is 30.3 Å². The van der Waals surface area contributed by atoms with E-state index in [4.69, 9.17) is 0 Å². The highest BCUT2D eigenvalue weighted by molar-refractivity contribution is 5.91. The molecule has 3 aromatic rings. The minimum absolute atomic E-state index is 0.130. The highest BCUT2D eigenvalue weighted by Gasteiger charge is 2.12. The van der Waals surface area contributed by atoms with Crippen molar-refractivity contribution in [3.63, 3.8) is 0 Å². The number of carbonyl (C=O) groups is 1. The normalized spacial score (nSPS) is 10.5. The van der Waals surface area contributed by atoms with Gasteiger partial charge in [0, 0.05) is 23.1 Å². The van der Waals surface area contributed by atoms with Crippen molar-refractivity contribution in [2.75, 3.05) is 10.6 Å². The number of anilines is 3. The summed E-state index contributed by atoms with van der Waals surface area (Å²) in [5, 5.41) is 5.99. The first kappa shape index (κ1) is 18.4. The number of benzene rings is 2. The number of aryl methyl sites for hydroxylation is 3. The van der Waals surface area contributed by atoms with E-state index in [-0.39, 0.29) is 18.0 Å². The summed E-state index contributed by atoms with van der Waals surface area (Å²) < 4.78 is 1.34. The van der Waals surface area contributed by atoms with Gasteiger partial charge in [-0.05, 0) is 50.1 Å². The third-order valence-corrected chi connectivity index (χ3v) is 4.13. The molecule has 0 unspecified atom stereocenters. The maximum Gasteiger partial charge on any atom is 0.255 e. The largest absolute Gasteiger partial charge is 0.326 e. The van der Waals surface area contributed by atoms with Crippen molar-refractivity contribution in [2.24, 2.45) is 0 Å². The van der Waals surface area contributed by atoms with Gasteiger partial charge in [0.2, 0.25) is 11.9 Å². The third-order valence-electron chi connectivity index (χ3n) is 4.13. The second kappa shape index (κ2) is 7.86. The van der Waals surface area contributed by atoms with Crippen molar-refractivity contribution < 1.29 is 4.79 Å². The molecule has 138 valence electrons. The fourth-order valence-electron chi connectivity index (χ4n) is 2.77. The minimum Gasteiger partial charge on any atom is -0.326 e. The second-order valence-corrected chi connectivity index (χ2v) is 6.50. The van der Waals surface area contributed by atoms with E-state index in [1.165, 1.54) is 10.6 Å². The summed E-state index contributed by atoms with van der Waals surface area (Å²) in [6.45, 7) is 5.52. The number of rotatable bonds is 5. The molecule has 2 N–H and O–H groups in total. The van der Waals surface area contributed by atoms with Crippen LogP contribution in [0.3, 0.4) is 0 Å². The van der Waals surface area contributed by atoms with Gasteiger partial charge in [-0.25, -0.2) is 4.98 Å². The fourth-order valence-corrected chi connectivity index (χ4v) is 2.77. The van der Waals surface area contributed by atoms with Gasteiger partial charge in [-0.3, -0.25) is 14.2 Å². The molecule has 2 aromatic carbocycles. The van der Waals surface area contributed by atoms with Crippen molar-refractivity contribution >= 4 is 23.2 Å². The van der Waals surface area contributed by atoms with Crippen molar-refractivity contribution in [2.45, 2.75) is 27.3 Å². The molecule has 0 aliphatic heterocycles. The van der Waals surface area contributed by atoms with E-state index in [1.54, 1.807) is 6.92 Å². The van der Waals surface area contributed by atoms with Gasteiger partial charge >= 0.3 is 0 Å². The minimum atomic E-state index is -0.288. The molecule has 0 spiro atoms. The van der Waals surface area contributed by atoms with Crippen LogP contribution < -0.4 is 16.2 Å². The lowest BCUT2D eigenvalue weighted by Gasteiger charge is -2.15. The molecule has 0 saturated heterocycles. The summed E-state index contributed by atoms with van der Waals surface area (Å²) in [5.41, 5.74) is 3.88. The van der Waals surface area contributed by atoms with E-state index >= 15 is 0 Å². The molecule has 0 aliphatic carbocycles. The van der Waals surface area contributed by atoms with Crippen LogP contribution in [0, 0.1) is 20.8 Å². The summed E-state index contributed by atoms with van der Waals surface area (Å²) >= 11 is 0. The Morgan fingerprint density at radius 1 is 1.04 bits per heavy atom. The summed E-state index contributed by atoms with van der Waals surface area (Å²) in [7, 11) is 0. The van der Waals surface area contributed by atoms with Crippen LogP contribution in [0.5, 0.6) is 0 Å². The van der Waals surface area contributed by atoms with Crippen LogP contribution in [-0.2, 0) is 11.3 Å². The lowest BCUT2D eigenvalue weighted by molar-refractivity contribution is -0.116. The van der Waals surface area contributed by atoms with Crippen LogP contribution in [0.15, 0.2) is 59.4 Å². The number of hydrogen-bond donors (Lipinski definition) is 2. The molecule has 0 fully saturated rings. The summed E-state index contributed by atoms with van der Waals surface area (Å²) in [6, 6.07) is 16.7. The number of nitrogens with one attached hydrogen (secondary N) is 2. The van der Waals surface area contributed by atoms with Gasteiger partial charge in [0.25, 0.3) is 5.56 Å². The van der Waals surface area contributed by atoms with Gasteiger partial charge in [0.15, 0.2) is 0 Å². The Balaban J connectivity index is 1.87. The van der Waals surface area contributed by atoms with Crippen LogP contribution >= 0.6 is 0 Å². The zero-order chi connectivity index (χ0) is 19.4. The van der Waals surface area contributed by atoms with Crippen LogP contribution in [0.1, 0.15) is 16.8 Å².